The van der Waals surface area contributed by atoms with E-state index in [-0.39, 0.29) is 11.4 Å². The zero-order valence-electron chi connectivity index (χ0n) is 15.1. The van der Waals surface area contributed by atoms with Gasteiger partial charge in [-0.05, 0) is 31.9 Å². The van der Waals surface area contributed by atoms with E-state index < -0.39 is 16.8 Å². The van der Waals surface area contributed by atoms with Gasteiger partial charge in [0.2, 0.25) is 0 Å². The minimum atomic E-state index is -0.507. The largest absolute Gasteiger partial charge is 0.465 e. The molecule has 0 aliphatic rings. The number of nitro groups is 1. The van der Waals surface area contributed by atoms with E-state index in [2.05, 4.69) is 10.3 Å². The Hall–Kier alpha value is -3.16. The Labute approximate surface area is 150 Å². The summed E-state index contributed by atoms with van der Waals surface area (Å²) in [5, 5.41) is 13.7. The minimum absolute atomic E-state index is 0.0745. The first kappa shape index (κ1) is 19.2. The highest BCUT2D eigenvalue weighted by Crippen LogP contribution is 2.25. The van der Waals surface area contributed by atoms with Gasteiger partial charge in [0.15, 0.2) is 0 Å². The molecule has 1 amide bonds. The molecule has 1 aromatic carbocycles. The fraction of sp³-hybridized carbons (Fsp3) is 0.333. The van der Waals surface area contributed by atoms with E-state index in [9.17, 15) is 19.7 Å². The summed E-state index contributed by atoms with van der Waals surface area (Å²) in [4.78, 5) is 38.2. The fourth-order valence-corrected chi connectivity index (χ4v) is 2.83. The number of nitrogens with one attached hydrogen (secondary N) is 2. The van der Waals surface area contributed by atoms with Crippen LogP contribution in [0.3, 0.4) is 0 Å². The summed E-state index contributed by atoms with van der Waals surface area (Å²) in [6.07, 6.45) is 1.25. The number of rotatable bonds is 6. The number of ether oxygens (including phenoxy) is 1. The molecule has 0 radical (unpaired) electrons. The molecule has 0 saturated heterocycles. The number of esters is 1. The number of aryl methyl sites for hydroxylation is 2. The van der Waals surface area contributed by atoms with Crippen LogP contribution in [-0.2, 0) is 11.2 Å². The number of aromatic nitrogens is 1. The molecule has 0 unspecified atom stereocenters. The van der Waals surface area contributed by atoms with Crippen LogP contribution >= 0.6 is 0 Å². The summed E-state index contributed by atoms with van der Waals surface area (Å²) >= 11 is 0. The molecule has 8 nitrogen and oxygen atoms in total. The van der Waals surface area contributed by atoms with Crippen LogP contribution < -0.4 is 5.32 Å². The molecule has 0 saturated carbocycles. The van der Waals surface area contributed by atoms with Gasteiger partial charge in [0.05, 0.1) is 17.6 Å². The monoisotopic (exact) mass is 359 g/mol. The number of H-pyrrole nitrogens is 1. The lowest BCUT2D eigenvalue weighted by Gasteiger charge is -2.08. The van der Waals surface area contributed by atoms with Crippen molar-refractivity contribution < 1.29 is 19.2 Å². The maximum atomic E-state index is 12.7. The third-order valence-electron chi connectivity index (χ3n) is 4.07. The number of carbonyl (C=O) groups is 2. The number of nitro benzene ring substituents is 1. The normalized spacial score (nSPS) is 10.5. The van der Waals surface area contributed by atoms with Crippen molar-refractivity contribution in [1.82, 2.24) is 4.98 Å². The summed E-state index contributed by atoms with van der Waals surface area (Å²) in [5.41, 5.74) is 2.47. The van der Waals surface area contributed by atoms with Crippen LogP contribution in [-0.4, -0.2) is 28.9 Å². The number of aromatic amines is 1. The molecule has 2 rings (SSSR count). The van der Waals surface area contributed by atoms with Crippen LogP contribution in [0, 0.1) is 24.0 Å². The maximum absolute atomic E-state index is 12.7. The van der Waals surface area contributed by atoms with Crippen LogP contribution in [0.25, 0.3) is 0 Å². The highest BCUT2D eigenvalue weighted by Gasteiger charge is 2.25. The van der Waals surface area contributed by atoms with Gasteiger partial charge in [0.1, 0.15) is 5.69 Å². The van der Waals surface area contributed by atoms with Gasteiger partial charge in [-0.15, -0.1) is 0 Å². The first-order chi connectivity index (χ1) is 12.3. The SMILES string of the molecule is CCCc1c(C(=O)Nc2ccc(C)c([N+](=O)[O-])c2)[nH]c(C)c1C(=O)OC. The second kappa shape index (κ2) is 7.81. The maximum Gasteiger partial charge on any atom is 0.339 e. The number of methoxy groups -OCH3 is 1. The molecule has 0 fully saturated rings. The molecule has 1 heterocycles. The smallest absolute Gasteiger partial charge is 0.339 e. The first-order valence-corrected chi connectivity index (χ1v) is 8.16. The predicted molar refractivity (Wildman–Crippen MR) is 96.7 cm³/mol. The minimum Gasteiger partial charge on any atom is -0.465 e. The molecule has 2 aromatic rings. The predicted octanol–water partition coefficient (Wildman–Crippen LogP) is 3.53. The number of hydrogen-bond acceptors (Lipinski definition) is 5. The van der Waals surface area contributed by atoms with E-state index in [4.69, 9.17) is 4.74 Å². The molecule has 0 aliphatic carbocycles. The van der Waals surface area contributed by atoms with Gasteiger partial charge < -0.3 is 15.0 Å². The summed E-state index contributed by atoms with van der Waals surface area (Å²) in [5.74, 6) is -0.975. The lowest BCUT2D eigenvalue weighted by atomic mass is 10.0. The number of hydrogen-bond donors (Lipinski definition) is 2. The van der Waals surface area contributed by atoms with Crippen molar-refractivity contribution in [1.29, 1.82) is 0 Å². The molecule has 0 spiro atoms. The van der Waals surface area contributed by atoms with Gasteiger partial charge >= 0.3 is 5.97 Å². The zero-order chi connectivity index (χ0) is 19.4. The van der Waals surface area contributed by atoms with Gasteiger partial charge in [-0.3, -0.25) is 14.9 Å². The first-order valence-electron chi connectivity index (χ1n) is 8.16. The van der Waals surface area contributed by atoms with Crippen LogP contribution in [0.2, 0.25) is 0 Å². The molecule has 8 heteroatoms. The highest BCUT2D eigenvalue weighted by molar-refractivity contribution is 6.07. The number of nitrogens with zero attached hydrogens (tertiary/aromatic N) is 1. The molecule has 2 N–H and O–H groups in total. The van der Waals surface area contributed by atoms with Crippen molar-refractivity contribution in [3.8, 4) is 0 Å². The molecular weight excluding hydrogens is 338 g/mol. The van der Waals surface area contributed by atoms with Gasteiger partial charge in [0, 0.05) is 23.0 Å². The number of amides is 1. The standard InChI is InChI=1S/C18H21N3O5/c1-5-6-13-15(18(23)26-4)11(3)19-16(13)17(22)20-12-8-7-10(2)14(9-12)21(24)25/h7-9,19H,5-6H2,1-4H3,(H,20,22). The van der Waals surface area contributed by atoms with Crippen LogP contribution in [0.15, 0.2) is 18.2 Å². The van der Waals surface area contributed by atoms with Crippen molar-refractivity contribution in [2.24, 2.45) is 0 Å². The average molecular weight is 359 g/mol. The number of anilines is 1. The van der Waals surface area contributed by atoms with Crippen molar-refractivity contribution in [3.05, 3.63) is 56.4 Å². The van der Waals surface area contributed by atoms with Crippen molar-refractivity contribution in [2.45, 2.75) is 33.6 Å². The summed E-state index contributed by atoms with van der Waals surface area (Å²) < 4.78 is 4.81. The average Bonchev–Trinajstić information content (AvgIpc) is 2.92. The number of carbonyl (C=O) groups excluding carboxylic acids is 2. The summed E-state index contributed by atoms with van der Waals surface area (Å²) in [6.45, 7) is 5.26. The van der Waals surface area contributed by atoms with Crippen LogP contribution in [0.5, 0.6) is 0 Å². The van der Waals surface area contributed by atoms with E-state index in [1.165, 1.54) is 13.2 Å². The highest BCUT2D eigenvalue weighted by atomic mass is 16.6. The van der Waals surface area contributed by atoms with Crippen molar-refractivity contribution in [2.75, 3.05) is 12.4 Å². The molecule has 0 aliphatic heterocycles. The lowest BCUT2D eigenvalue weighted by molar-refractivity contribution is -0.385. The Balaban J connectivity index is 2.40. The third kappa shape index (κ3) is 3.74. The van der Waals surface area contributed by atoms with Crippen LogP contribution in [0.1, 0.15) is 51.0 Å². The molecule has 138 valence electrons. The van der Waals surface area contributed by atoms with Gasteiger partial charge in [0.25, 0.3) is 11.6 Å². The number of benzene rings is 1. The molecule has 1 aromatic heterocycles. The second-order valence-corrected chi connectivity index (χ2v) is 5.93. The van der Waals surface area contributed by atoms with Crippen molar-refractivity contribution in [3.63, 3.8) is 0 Å². The second-order valence-electron chi connectivity index (χ2n) is 5.93. The van der Waals surface area contributed by atoms with Crippen LogP contribution in [0.4, 0.5) is 11.4 Å². The van der Waals surface area contributed by atoms with Gasteiger partial charge in [-0.2, -0.15) is 0 Å². The van der Waals surface area contributed by atoms with E-state index in [1.807, 2.05) is 6.92 Å². The molecule has 26 heavy (non-hydrogen) atoms. The quantitative estimate of drug-likeness (QED) is 0.465. The van der Waals surface area contributed by atoms with Crippen molar-refractivity contribution >= 4 is 23.3 Å². The van der Waals surface area contributed by atoms with Gasteiger partial charge in [-0.25, -0.2) is 4.79 Å². The Morgan fingerprint density at radius 1 is 1.31 bits per heavy atom. The van der Waals surface area contributed by atoms with E-state index >= 15 is 0 Å². The van der Waals surface area contributed by atoms with E-state index in [0.717, 1.165) is 6.42 Å². The molecule has 0 bridgehead atoms. The Morgan fingerprint density at radius 3 is 2.58 bits per heavy atom. The topological polar surface area (TPSA) is 114 Å². The lowest BCUT2D eigenvalue weighted by Crippen LogP contribution is -2.15. The summed E-state index contributed by atoms with van der Waals surface area (Å²) in [7, 11) is 1.29. The molecular formula is C18H21N3O5. The Morgan fingerprint density at radius 2 is 2.00 bits per heavy atom. The van der Waals surface area contributed by atoms with E-state index in [0.29, 0.717) is 34.5 Å². The Kier molecular flexibility index (Phi) is 5.76. The van der Waals surface area contributed by atoms with Gasteiger partial charge in [-0.1, -0.05) is 19.4 Å². The third-order valence-corrected chi connectivity index (χ3v) is 4.07. The molecule has 0 atom stereocenters. The summed E-state index contributed by atoms with van der Waals surface area (Å²) in [6, 6.07) is 4.47. The zero-order valence-corrected chi connectivity index (χ0v) is 15.1. The van der Waals surface area contributed by atoms with E-state index in [1.54, 1.807) is 26.0 Å². The fourth-order valence-electron chi connectivity index (χ4n) is 2.83. The Bertz CT molecular complexity index is 870.